The van der Waals surface area contributed by atoms with Crippen LogP contribution in [0.5, 0.6) is 0 Å². The van der Waals surface area contributed by atoms with Crippen LogP contribution in [-0.4, -0.2) is 38.4 Å². The standard InChI is InChI=1S/C36H23Cl8N5O4S2/c1-17-7-11-20(12-8-17)55(52,53)48(2)25-5-3-4-6-26(25)54-33-34(47-49(36(33)51)32-30(43)28(41)27(40)29(42)31(32)44)46-24-16-19(10-14-23(24)39)45-35(50)21-15-18(37)9-13-22(21)38/h3-16,33H,1-2H3,(H,45,50)(H,46,47). The monoisotopic (exact) mass is 933 g/mol. The third kappa shape index (κ3) is 8.48. The van der Waals surface area contributed by atoms with E-state index in [0.29, 0.717) is 9.92 Å². The maximum atomic E-state index is 14.4. The summed E-state index contributed by atoms with van der Waals surface area (Å²) in [4.78, 5) is 32.8. The molecule has 6 rings (SSSR count). The lowest BCUT2D eigenvalue weighted by Crippen LogP contribution is -2.36. The van der Waals surface area contributed by atoms with Gasteiger partial charge in [0.1, 0.15) is 16.8 Å². The molecule has 1 aliphatic heterocycles. The van der Waals surface area contributed by atoms with Crippen molar-refractivity contribution in [1.82, 2.24) is 5.43 Å². The Morgan fingerprint density at radius 1 is 0.818 bits per heavy atom. The second-order valence-corrected chi connectivity index (χ2v) is 18.0. The van der Waals surface area contributed by atoms with E-state index < -0.39 is 27.1 Å². The Labute approximate surface area is 360 Å². The minimum absolute atomic E-state index is 0.0199. The Kier molecular flexibility index (Phi) is 12.7. The van der Waals surface area contributed by atoms with Crippen molar-refractivity contribution in [3.05, 3.63) is 136 Å². The molecule has 9 nitrogen and oxygen atoms in total. The molecule has 1 heterocycles. The first kappa shape index (κ1) is 41.6. The predicted octanol–water partition coefficient (Wildman–Crippen LogP) is 12.0. The molecule has 19 heteroatoms. The molecule has 0 bridgehead atoms. The van der Waals surface area contributed by atoms with E-state index in [-0.39, 0.29) is 74.2 Å². The number of hydrazine groups is 1. The first-order chi connectivity index (χ1) is 26.0. The van der Waals surface area contributed by atoms with Crippen molar-refractivity contribution < 1.29 is 18.0 Å². The third-order valence-electron chi connectivity index (χ3n) is 8.08. The van der Waals surface area contributed by atoms with E-state index in [1.807, 2.05) is 6.92 Å². The van der Waals surface area contributed by atoms with Gasteiger partial charge in [-0.25, -0.2) is 18.4 Å². The van der Waals surface area contributed by atoms with Crippen LogP contribution >= 0.6 is 105 Å². The molecule has 284 valence electrons. The van der Waals surface area contributed by atoms with Crippen LogP contribution < -0.4 is 20.1 Å². The molecule has 2 N–H and O–H groups in total. The number of amides is 2. The highest BCUT2D eigenvalue weighted by molar-refractivity contribution is 8.01. The summed E-state index contributed by atoms with van der Waals surface area (Å²) >= 11 is 52.1. The Bertz CT molecular complexity index is 2490. The number of nitrogens with zero attached hydrogens (tertiary/aromatic N) is 3. The number of carbonyl (C=O) groups excluding carboxylic acids is 2. The topological polar surface area (TPSA) is 111 Å². The highest BCUT2D eigenvalue weighted by atomic mass is 35.5. The average molecular weight is 937 g/mol. The highest BCUT2D eigenvalue weighted by Gasteiger charge is 2.43. The molecule has 0 saturated carbocycles. The molecular formula is C36H23Cl8N5O4S2. The summed E-state index contributed by atoms with van der Waals surface area (Å²) in [5, 5.41) is 2.42. The first-order valence-electron chi connectivity index (χ1n) is 15.6. The fourth-order valence-corrected chi connectivity index (χ4v) is 9.49. The molecule has 0 aromatic heterocycles. The Hall–Kier alpha value is -3.07. The lowest BCUT2D eigenvalue weighted by molar-refractivity contribution is -0.116. The molecule has 0 spiro atoms. The van der Waals surface area contributed by atoms with Crippen molar-refractivity contribution >= 4 is 155 Å². The normalized spacial score (nSPS) is 15.0. The third-order valence-corrected chi connectivity index (χ3v) is 14.3. The minimum Gasteiger partial charge on any atom is -0.322 e. The zero-order valence-corrected chi connectivity index (χ0v) is 35.7. The fraction of sp³-hybridized carbons (Fsp3) is 0.0833. The van der Waals surface area contributed by atoms with Gasteiger partial charge in [0.05, 0.1) is 57.0 Å². The van der Waals surface area contributed by atoms with Gasteiger partial charge in [-0.15, -0.1) is 11.8 Å². The van der Waals surface area contributed by atoms with Crippen LogP contribution in [0.15, 0.2) is 99.7 Å². The lowest BCUT2D eigenvalue weighted by Gasteiger charge is -2.23. The minimum atomic E-state index is -4.03. The molecule has 1 saturated heterocycles. The van der Waals surface area contributed by atoms with Crippen LogP contribution in [0.2, 0.25) is 40.2 Å². The number of hydrogen-bond acceptors (Lipinski definition) is 6. The van der Waals surface area contributed by atoms with E-state index >= 15 is 0 Å². The highest BCUT2D eigenvalue weighted by Crippen LogP contribution is 2.49. The summed E-state index contributed by atoms with van der Waals surface area (Å²) in [7, 11) is -2.62. The second kappa shape index (κ2) is 16.8. The van der Waals surface area contributed by atoms with E-state index in [0.717, 1.165) is 26.6 Å². The van der Waals surface area contributed by atoms with Crippen molar-refractivity contribution in [1.29, 1.82) is 0 Å². The number of anilines is 3. The molecule has 1 fully saturated rings. The summed E-state index contributed by atoms with van der Waals surface area (Å²) < 4.78 is 28.6. The summed E-state index contributed by atoms with van der Waals surface area (Å²) in [5.41, 5.74) is 4.55. The Morgan fingerprint density at radius 2 is 1.44 bits per heavy atom. The van der Waals surface area contributed by atoms with Crippen LogP contribution in [0.25, 0.3) is 0 Å². The van der Waals surface area contributed by atoms with E-state index in [2.05, 4.69) is 10.7 Å². The number of aryl methyl sites for hydroxylation is 1. The Morgan fingerprint density at radius 3 is 2.11 bits per heavy atom. The molecule has 1 atom stereocenters. The largest absolute Gasteiger partial charge is 0.322 e. The SMILES string of the molecule is Cc1ccc(S(=O)(=O)N(C)c2ccccc2SC2C(=O)N(c3c(Cl)c(Cl)c(Cl)c(Cl)c3Cl)NC2=Nc2cc(NC(=O)c3cc(Cl)ccc3Cl)ccc2Cl)cc1. The average Bonchev–Trinajstić information content (AvgIpc) is 3.45. The zero-order chi connectivity index (χ0) is 39.9. The van der Waals surface area contributed by atoms with Gasteiger partial charge in [-0.1, -0.05) is 123 Å². The summed E-state index contributed by atoms with van der Waals surface area (Å²) in [6.45, 7) is 1.85. The van der Waals surface area contributed by atoms with Crippen molar-refractivity contribution in [2.24, 2.45) is 4.99 Å². The first-order valence-corrected chi connectivity index (χ1v) is 20.9. The molecule has 0 radical (unpaired) electrons. The van der Waals surface area contributed by atoms with E-state index in [9.17, 15) is 18.0 Å². The van der Waals surface area contributed by atoms with Gasteiger partial charge < -0.3 is 5.32 Å². The number of nitrogens with one attached hydrogen (secondary N) is 2. The summed E-state index contributed by atoms with van der Waals surface area (Å²) in [6, 6.07) is 22.1. The maximum Gasteiger partial charge on any atom is 0.267 e. The zero-order valence-electron chi connectivity index (χ0n) is 28.0. The quantitative estimate of drug-likeness (QED) is 0.112. The number of hydrogen-bond donors (Lipinski definition) is 2. The van der Waals surface area contributed by atoms with Crippen LogP contribution in [0.3, 0.4) is 0 Å². The fourth-order valence-electron chi connectivity index (χ4n) is 5.23. The summed E-state index contributed by atoms with van der Waals surface area (Å²) in [6.07, 6.45) is 0. The number of benzene rings is 5. The number of carbonyl (C=O) groups is 2. The van der Waals surface area contributed by atoms with Crippen LogP contribution in [0, 0.1) is 6.92 Å². The predicted molar refractivity (Wildman–Crippen MR) is 228 cm³/mol. The molecule has 55 heavy (non-hydrogen) atoms. The van der Waals surface area contributed by atoms with Gasteiger partial charge in [0.15, 0.2) is 0 Å². The molecule has 0 aliphatic carbocycles. The molecule has 5 aromatic carbocycles. The molecule has 1 aliphatic rings. The number of halogens is 8. The molecular weight excluding hydrogens is 914 g/mol. The van der Waals surface area contributed by atoms with Crippen molar-refractivity contribution in [2.45, 2.75) is 22.0 Å². The smallest absolute Gasteiger partial charge is 0.267 e. The summed E-state index contributed by atoms with van der Waals surface area (Å²) in [5.74, 6) is -1.17. The number of sulfonamides is 1. The number of aliphatic imine (C=N–C) groups is 1. The van der Waals surface area contributed by atoms with Gasteiger partial charge in [-0.3, -0.25) is 19.3 Å². The van der Waals surface area contributed by atoms with E-state index in [1.165, 1.54) is 43.4 Å². The second-order valence-electron chi connectivity index (χ2n) is 11.7. The molecule has 2 amide bonds. The van der Waals surface area contributed by atoms with Gasteiger partial charge in [0.25, 0.3) is 21.8 Å². The van der Waals surface area contributed by atoms with Crippen molar-refractivity contribution in [3.8, 4) is 0 Å². The van der Waals surface area contributed by atoms with E-state index in [1.54, 1.807) is 48.5 Å². The van der Waals surface area contributed by atoms with Crippen LogP contribution in [0.1, 0.15) is 15.9 Å². The van der Waals surface area contributed by atoms with Crippen molar-refractivity contribution in [3.63, 3.8) is 0 Å². The van der Waals surface area contributed by atoms with Gasteiger partial charge in [0.2, 0.25) is 0 Å². The number of thioether (sulfide) groups is 1. The van der Waals surface area contributed by atoms with Crippen LogP contribution in [0.4, 0.5) is 22.7 Å². The Balaban J connectivity index is 1.43. The molecule has 1 unspecified atom stereocenters. The van der Waals surface area contributed by atoms with E-state index in [4.69, 9.17) is 97.8 Å². The lowest BCUT2D eigenvalue weighted by atomic mass is 10.2. The van der Waals surface area contributed by atoms with Gasteiger partial charge in [0, 0.05) is 22.7 Å². The number of rotatable bonds is 9. The number of para-hydroxylation sites is 1. The maximum absolute atomic E-state index is 14.4. The van der Waals surface area contributed by atoms with Gasteiger partial charge in [-0.2, -0.15) is 0 Å². The van der Waals surface area contributed by atoms with Crippen molar-refractivity contribution in [2.75, 3.05) is 21.7 Å². The van der Waals surface area contributed by atoms with Gasteiger partial charge >= 0.3 is 0 Å². The van der Waals surface area contributed by atoms with Gasteiger partial charge in [-0.05, 0) is 67.6 Å². The number of amidine groups is 1. The van der Waals surface area contributed by atoms with Crippen LogP contribution in [-0.2, 0) is 14.8 Å². The molecule has 5 aromatic rings.